The molecule has 112 valence electrons. The summed E-state index contributed by atoms with van der Waals surface area (Å²) in [7, 11) is -3.12. The second-order valence-corrected chi connectivity index (χ2v) is 6.97. The Balaban J connectivity index is 1.73. The maximum absolute atomic E-state index is 11.3. The molecule has 1 unspecified atom stereocenters. The van der Waals surface area contributed by atoms with Crippen LogP contribution in [0.15, 0.2) is 30.3 Å². The SMILES string of the molecule is CS(=O)(=O)NC1CCCN(CCOc2ccccc2)C1. The number of benzene rings is 1. The molecule has 2 rings (SSSR count). The third-order valence-corrected chi connectivity index (χ3v) is 4.07. The standard InChI is InChI=1S/C14H22N2O3S/c1-20(17,18)15-13-6-5-9-16(12-13)10-11-19-14-7-3-2-4-8-14/h2-4,7-8,13,15H,5-6,9-12H2,1H3. The minimum Gasteiger partial charge on any atom is -0.492 e. The van der Waals surface area contributed by atoms with Crippen LogP contribution in [-0.4, -0.2) is 51.9 Å². The number of rotatable bonds is 6. The highest BCUT2D eigenvalue weighted by atomic mass is 32.2. The molecular weight excluding hydrogens is 276 g/mol. The second-order valence-electron chi connectivity index (χ2n) is 5.19. The first-order valence-corrected chi connectivity index (χ1v) is 8.79. The molecule has 1 saturated heterocycles. The molecule has 1 aromatic carbocycles. The van der Waals surface area contributed by atoms with Gasteiger partial charge in [-0.3, -0.25) is 4.90 Å². The number of hydrogen-bond donors (Lipinski definition) is 1. The quantitative estimate of drug-likeness (QED) is 0.854. The van der Waals surface area contributed by atoms with E-state index in [4.69, 9.17) is 4.74 Å². The normalized spacial score (nSPS) is 20.8. The van der Waals surface area contributed by atoms with Crippen molar-refractivity contribution in [2.24, 2.45) is 0 Å². The van der Waals surface area contributed by atoms with E-state index in [0.717, 1.165) is 38.2 Å². The van der Waals surface area contributed by atoms with Gasteiger partial charge < -0.3 is 4.74 Å². The van der Waals surface area contributed by atoms with Gasteiger partial charge in [-0.15, -0.1) is 0 Å². The zero-order valence-electron chi connectivity index (χ0n) is 11.8. The van der Waals surface area contributed by atoms with Gasteiger partial charge in [-0.2, -0.15) is 0 Å². The van der Waals surface area contributed by atoms with Gasteiger partial charge in [0.25, 0.3) is 0 Å². The molecule has 1 aliphatic rings. The summed E-state index contributed by atoms with van der Waals surface area (Å²) in [6, 6.07) is 9.74. The molecule has 0 amide bonds. The second kappa shape index (κ2) is 7.06. The van der Waals surface area contributed by atoms with Crippen molar-refractivity contribution in [3.8, 4) is 5.75 Å². The van der Waals surface area contributed by atoms with Crippen molar-refractivity contribution in [3.63, 3.8) is 0 Å². The van der Waals surface area contributed by atoms with Gasteiger partial charge in [0.2, 0.25) is 10.0 Å². The summed E-state index contributed by atoms with van der Waals surface area (Å²) in [5, 5.41) is 0. The van der Waals surface area contributed by atoms with Crippen molar-refractivity contribution < 1.29 is 13.2 Å². The maximum Gasteiger partial charge on any atom is 0.208 e. The topological polar surface area (TPSA) is 58.6 Å². The fraction of sp³-hybridized carbons (Fsp3) is 0.571. The Morgan fingerprint density at radius 2 is 2.10 bits per heavy atom. The Labute approximate surface area is 121 Å². The number of nitrogens with zero attached hydrogens (tertiary/aromatic N) is 1. The lowest BCUT2D eigenvalue weighted by Crippen LogP contribution is -2.48. The number of nitrogens with one attached hydrogen (secondary N) is 1. The molecule has 5 nitrogen and oxygen atoms in total. The van der Waals surface area contributed by atoms with E-state index in [1.165, 1.54) is 6.26 Å². The Kier molecular flexibility index (Phi) is 5.39. The Morgan fingerprint density at radius 3 is 2.80 bits per heavy atom. The number of piperidine rings is 1. The predicted octanol–water partition coefficient (Wildman–Crippen LogP) is 1.08. The molecule has 0 bridgehead atoms. The molecule has 0 radical (unpaired) electrons. The minimum absolute atomic E-state index is 0.0236. The lowest BCUT2D eigenvalue weighted by Gasteiger charge is -2.32. The first-order chi connectivity index (χ1) is 9.53. The average molecular weight is 298 g/mol. The van der Waals surface area contributed by atoms with E-state index < -0.39 is 10.0 Å². The highest BCUT2D eigenvalue weighted by Crippen LogP contribution is 2.12. The summed E-state index contributed by atoms with van der Waals surface area (Å²) in [6.07, 6.45) is 3.13. The first kappa shape index (κ1) is 15.3. The third kappa shape index (κ3) is 5.48. The molecule has 20 heavy (non-hydrogen) atoms. The van der Waals surface area contributed by atoms with E-state index in [2.05, 4.69) is 9.62 Å². The van der Waals surface area contributed by atoms with Crippen LogP contribution in [-0.2, 0) is 10.0 Å². The predicted molar refractivity (Wildman–Crippen MR) is 79.4 cm³/mol. The smallest absolute Gasteiger partial charge is 0.208 e. The van der Waals surface area contributed by atoms with E-state index in [1.807, 2.05) is 30.3 Å². The van der Waals surface area contributed by atoms with Crippen LogP contribution in [0, 0.1) is 0 Å². The fourth-order valence-electron chi connectivity index (χ4n) is 2.47. The Bertz CT molecular complexity index is 504. The molecule has 1 N–H and O–H groups in total. The zero-order chi connectivity index (χ0) is 14.4. The van der Waals surface area contributed by atoms with E-state index >= 15 is 0 Å². The van der Waals surface area contributed by atoms with Crippen LogP contribution >= 0.6 is 0 Å². The van der Waals surface area contributed by atoms with Crippen molar-refractivity contribution in [3.05, 3.63) is 30.3 Å². The number of sulfonamides is 1. The van der Waals surface area contributed by atoms with Gasteiger partial charge in [0.1, 0.15) is 12.4 Å². The van der Waals surface area contributed by atoms with Gasteiger partial charge in [0.15, 0.2) is 0 Å². The average Bonchev–Trinajstić information content (AvgIpc) is 2.38. The first-order valence-electron chi connectivity index (χ1n) is 6.90. The largest absolute Gasteiger partial charge is 0.492 e. The molecule has 1 aromatic rings. The van der Waals surface area contributed by atoms with Gasteiger partial charge in [-0.05, 0) is 31.5 Å². The van der Waals surface area contributed by atoms with E-state index in [1.54, 1.807) is 0 Å². The van der Waals surface area contributed by atoms with E-state index in [0.29, 0.717) is 6.61 Å². The number of para-hydroxylation sites is 1. The summed E-state index contributed by atoms with van der Waals surface area (Å²) in [4.78, 5) is 2.25. The summed E-state index contributed by atoms with van der Waals surface area (Å²) in [5.41, 5.74) is 0. The molecular formula is C14H22N2O3S. The van der Waals surface area contributed by atoms with Gasteiger partial charge in [0, 0.05) is 19.1 Å². The van der Waals surface area contributed by atoms with Crippen molar-refractivity contribution in [1.82, 2.24) is 9.62 Å². The van der Waals surface area contributed by atoms with Gasteiger partial charge >= 0.3 is 0 Å². The molecule has 0 aromatic heterocycles. The van der Waals surface area contributed by atoms with E-state index in [-0.39, 0.29) is 6.04 Å². The van der Waals surface area contributed by atoms with Crippen molar-refractivity contribution in [2.45, 2.75) is 18.9 Å². The molecule has 0 aliphatic carbocycles. The maximum atomic E-state index is 11.3. The van der Waals surface area contributed by atoms with Crippen LogP contribution in [0.3, 0.4) is 0 Å². The zero-order valence-corrected chi connectivity index (χ0v) is 12.6. The van der Waals surface area contributed by atoms with Gasteiger partial charge in [-0.1, -0.05) is 18.2 Å². The van der Waals surface area contributed by atoms with Crippen LogP contribution in [0.4, 0.5) is 0 Å². The van der Waals surface area contributed by atoms with Crippen molar-refractivity contribution >= 4 is 10.0 Å². The molecule has 1 heterocycles. The summed E-state index contributed by atoms with van der Waals surface area (Å²) in [6.45, 7) is 3.19. The summed E-state index contributed by atoms with van der Waals surface area (Å²) < 4.78 is 30.9. The van der Waals surface area contributed by atoms with Crippen LogP contribution in [0.5, 0.6) is 5.75 Å². The Hall–Kier alpha value is -1.11. The molecule has 1 aliphatic heterocycles. The van der Waals surface area contributed by atoms with Gasteiger partial charge in [0.05, 0.1) is 6.26 Å². The summed E-state index contributed by atoms with van der Waals surface area (Å²) in [5.74, 6) is 0.871. The van der Waals surface area contributed by atoms with Crippen LogP contribution < -0.4 is 9.46 Å². The third-order valence-electron chi connectivity index (χ3n) is 3.31. The monoisotopic (exact) mass is 298 g/mol. The molecule has 6 heteroatoms. The molecule has 1 fully saturated rings. The molecule has 0 saturated carbocycles. The van der Waals surface area contributed by atoms with Crippen molar-refractivity contribution in [2.75, 3.05) is 32.5 Å². The summed E-state index contributed by atoms with van der Waals surface area (Å²) >= 11 is 0. The van der Waals surface area contributed by atoms with Crippen LogP contribution in [0.1, 0.15) is 12.8 Å². The van der Waals surface area contributed by atoms with E-state index in [9.17, 15) is 8.42 Å². The lowest BCUT2D eigenvalue weighted by molar-refractivity contribution is 0.166. The number of hydrogen-bond acceptors (Lipinski definition) is 4. The Morgan fingerprint density at radius 1 is 1.35 bits per heavy atom. The van der Waals surface area contributed by atoms with Crippen LogP contribution in [0.2, 0.25) is 0 Å². The van der Waals surface area contributed by atoms with Crippen molar-refractivity contribution in [1.29, 1.82) is 0 Å². The molecule has 0 spiro atoms. The lowest BCUT2D eigenvalue weighted by atomic mass is 10.1. The van der Waals surface area contributed by atoms with Crippen LogP contribution in [0.25, 0.3) is 0 Å². The number of likely N-dealkylation sites (tertiary alicyclic amines) is 1. The fourth-order valence-corrected chi connectivity index (χ4v) is 3.26. The number of ether oxygens (including phenoxy) is 1. The minimum atomic E-state index is -3.12. The highest BCUT2D eigenvalue weighted by molar-refractivity contribution is 7.88. The molecule has 1 atom stereocenters. The van der Waals surface area contributed by atoms with Gasteiger partial charge in [-0.25, -0.2) is 13.1 Å². The highest BCUT2D eigenvalue weighted by Gasteiger charge is 2.21.